The first-order chi connectivity index (χ1) is 16.1. The SMILES string of the molecule is Cn1cc(-c2cc(OCC3(C)COC3)c3c(Nc4ccc5ncsc5c4)ncnc3c2)cn1. The molecule has 0 bridgehead atoms. The topological polar surface area (TPSA) is 87.0 Å². The summed E-state index contributed by atoms with van der Waals surface area (Å²) in [4.78, 5) is 13.5. The van der Waals surface area contributed by atoms with Gasteiger partial charge in [-0.1, -0.05) is 6.92 Å². The van der Waals surface area contributed by atoms with E-state index in [1.54, 1.807) is 22.3 Å². The molecule has 9 heteroatoms. The molecule has 6 rings (SSSR count). The normalized spacial score (nSPS) is 15.0. The van der Waals surface area contributed by atoms with Gasteiger partial charge in [-0.25, -0.2) is 15.0 Å². The van der Waals surface area contributed by atoms with Crippen molar-refractivity contribution in [2.24, 2.45) is 12.5 Å². The molecule has 1 aliphatic heterocycles. The number of hydrogen-bond acceptors (Lipinski definition) is 8. The number of hydrogen-bond donors (Lipinski definition) is 1. The second-order valence-corrected chi connectivity index (χ2v) is 9.63. The van der Waals surface area contributed by atoms with E-state index < -0.39 is 0 Å². The lowest BCUT2D eigenvalue weighted by atomic mass is 9.90. The van der Waals surface area contributed by atoms with Crippen LogP contribution < -0.4 is 10.1 Å². The number of anilines is 2. The molecule has 0 unspecified atom stereocenters. The number of nitrogens with one attached hydrogen (secondary N) is 1. The van der Waals surface area contributed by atoms with Crippen molar-refractivity contribution in [2.45, 2.75) is 6.92 Å². The minimum absolute atomic E-state index is 0.0110. The molecule has 1 N–H and O–H groups in total. The molecule has 1 saturated heterocycles. The van der Waals surface area contributed by atoms with Crippen molar-refractivity contribution in [1.82, 2.24) is 24.7 Å². The highest BCUT2D eigenvalue weighted by Crippen LogP contribution is 2.38. The highest BCUT2D eigenvalue weighted by Gasteiger charge is 2.34. The van der Waals surface area contributed by atoms with E-state index in [1.165, 1.54) is 0 Å². The van der Waals surface area contributed by atoms with E-state index in [4.69, 9.17) is 9.47 Å². The Balaban J connectivity index is 1.44. The lowest BCUT2D eigenvalue weighted by molar-refractivity contribution is -0.120. The largest absolute Gasteiger partial charge is 0.492 e. The molecule has 0 radical (unpaired) electrons. The van der Waals surface area contributed by atoms with Gasteiger partial charge in [0, 0.05) is 29.9 Å². The van der Waals surface area contributed by atoms with Crippen molar-refractivity contribution in [3.8, 4) is 16.9 Å². The van der Waals surface area contributed by atoms with E-state index in [0.717, 1.165) is 43.7 Å². The second-order valence-electron chi connectivity index (χ2n) is 8.75. The summed E-state index contributed by atoms with van der Waals surface area (Å²) in [5, 5.41) is 8.62. The van der Waals surface area contributed by atoms with E-state index >= 15 is 0 Å². The summed E-state index contributed by atoms with van der Waals surface area (Å²) in [7, 11) is 1.91. The van der Waals surface area contributed by atoms with Crippen LogP contribution in [0.1, 0.15) is 6.92 Å². The number of nitrogens with zero attached hydrogens (tertiary/aromatic N) is 5. The zero-order valence-corrected chi connectivity index (χ0v) is 19.1. The Morgan fingerprint density at radius 3 is 2.82 bits per heavy atom. The Hall–Kier alpha value is -3.56. The van der Waals surface area contributed by atoms with E-state index in [-0.39, 0.29) is 5.41 Å². The van der Waals surface area contributed by atoms with Crippen LogP contribution in [0.5, 0.6) is 5.75 Å². The predicted molar refractivity (Wildman–Crippen MR) is 129 cm³/mol. The highest BCUT2D eigenvalue weighted by molar-refractivity contribution is 7.16. The van der Waals surface area contributed by atoms with Gasteiger partial charge in [0.1, 0.15) is 17.9 Å². The van der Waals surface area contributed by atoms with Gasteiger partial charge < -0.3 is 14.8 Å². The smallest absolute Gasteiger partial charge is 0.145 e. The molecule has 0 amide bonds. The van der Waals surface area contributed by atoms with Crippen LogP contribution in [0.4, 0.5) is 11.5 Å². The number of ether oxygens (including phenoxy) is 2. The van der Waals surface area contributed by atoms with Gasteiger partial charge in [-0.3, -0.25) is 4.68 Å². The molecule has 0 spiro atoms. The van der Waals surface area contributed by atoms with Gasteiger partial charge in [0.05, 0.1) is 52.6 Å². The summed E-state index contributed by atoms with van der Waals surface area (Å²) in [6.07, 6.45) is 5.40. The maximum Gasteiger partial charge on any atom is 0.145 e. The predicted octanol–water partition coefficient (Wildman–Crippen LogP) is 4.80. The molecular formula is C24H22N6O2S. The van der Waals surface area contributed by atoms with Crippen LogP contribution in [-0.4, -0.2) is 44.6 Å². The number of rotatable bonds is 6. The zero-order valence-electron chi connectivity index (χ0n) is 18.3. The number of aromatic nitrogens is 5. The van der Waals surface area contributed by atoms with Crippen LogP contribution in [0.3, 0.4) is 0 Å². The molecule has 2 aromatic carbocycles. The van der Waals surface area contributed by atoms with Gasteiger partial charge in [-0.05, 0) is 35.9 Å². The first-order valence-electron chi connectivity index (χ1n) is 10.6. The highest BCUT2D eigenvalue weighted by atomic mass is 32.1. The van der Waals surface area contributed by atoms with Crippen LogP contribution in [0.15, 0.2) is 54.6 Å². The molecule has 166 valence electrons. The molecule has 0 saturated carbocycles. The molecule has 3 aromatic heterocycles. The summed E-state index contributed by atoms with van der Waals surface area (Å²) in [5.74, 6) is 1.44. The van der Waals surface area contributed by atoms with Crippen molar-refractivity contribution in [2.75, 3.05) is 25.1 Å². The third-order valence-electron chi connectivity index (χ3n) is 5.81. The Morgan fingerprint density at radius 1 is 1.12 bits per heavy atom. The van der Waals surface area contributed by atoms with E-state index in [9.17, 15) is 0 Å². The molecule has 8 nitrogen and oxygen atoms in total. The van der Waals surface area contributed by atoms with Gasteiger partial charge in [0.2, 0.25) is 0 Å². The minimum Gasteiger partial charge on any atom is -0.492 e. The van der Waals surface area contributed by atoms with Crippen molar-refractivity contribution >= 4 is 44.0 Å². The molecule has 0 aliphatic carbocycles. The summed E-state index contributed by atoms with van der Waals surface area (Å²) in [6.45, 7) is 4.12. The van der Waals surface area contributed by atoms with Gasteiger partial charge in [-0.2, -0.15) is 5.10 Å². The summed E-state index contributed by atoms with van der Waals surface area (Å²) in [5.41, 5.74) is 6.59. The summed E-state index contributed by atoms with van der Waals surface area (Å²) >= 11 is 1.61. The fourth-order valence-corrected chi connectivity index (χ4v) is 4.67. The molecule has 1 fully saturated rings. The van der Waals surface area contributed by atoms with Crippen LogP contribution in [0, 0.1) is 5.41 Å². The maximum absolute atomic E-state index is 6.40. The van der Waals surface area contributed by atoms with E-state index in [0.29, 0.717) is 25.6 Å². The standard InChI is InChI=1S/C24H22N6O2S/c1-24(10-31-11-24)12-32-20-6-15(16-8-28-30(2)9-16)5-19-22(20)23(26-13-25-19)29-17-3-4-18-21(7-17)33-14-27-18/h3-9,13-14H,10-12H2,1-2H3,(H,25,26,29). The fourth-order valence-electron chi connectivity index (χ4n) is 3.95. The zero-order chi connectivity index (χ0) is 22.4. The second kappa shape index (κ2) is 7.79. The Morgan fingerprint density at radius 2 is 2.03 bits per heavy atom. The first kappa shape index (κ1) is 20.1. The number of fused-ring (bicyclic) bond motifs is 2. The van der Waals surface area contributed by atoms with Crippen molar-refractivity contribution in [3.63, 3.8) is 0 Å². The Labute approximate surface area is 194 Å². The van der Waals surface area contributed by atoms with Crippen LogP contribution in [0.25, 0.3) is 32.2 Å². The van der Waals surface area contributed by atoms with Crippen molar-refractivity contribution < 1.29 is 9.47 Å². The van der Waals surface area contributed by atoms with E-state index in [1.807, 2.05) is 49.2 Å². The number of thiazole rings is 1. The summed E-state index contributed by atoms with van der Waals surface area (Å²) in [6, 6.07) is 10.2. The number of aryl methyl sites for hydroxylation is 1. The third kappa shape index (κ3) is 3.79. The van der Waals surface area contributed by atoms with Crippen molar-refractivity contribution in [1.29, 1.82) is 0 Å². The molecule has 1 aliphatic rings. The molecule has 33 heavy (non-hydrogen) atoms. The van der Waals surface area contributed by atoms with E-state index in [2.05, 4.69) is 38.4 Å². The lowest BCUT2D eigenvalue weighted by Crippen LogP contribution is -2.44. The van der Waals surface area contributed by atoms with Gasteiger partial charge in [0.15, 0.2) is 0 Å². The Kier molecular flexibility index (Phi) is 4.74. The first-order valence-corrected chi connectivity index (χ1v) is 11.5. The monoisotopic (exact) mass is 458 g/mol. The average molecular weight is 459 g/mol. The van der Waals surface area contributed by atoms with Crippen LogP contribution >= 0.6 is 11.3 Å². The quantitative estimate of drug-likeness (QED) is 0.391. The van der Waals surface area contributed by atoms with Crippen molar-refractivity contribution in [3.05, 3.63) is 54.6 Å². The summed E-state index contributed by atoms with van der Waals surface area (Å²) < 4.78 is 14.7. The van der Waals surface area contributed by atoms with Crippen LogP contribution in [-0.2, 0) is 11.8 Å². The fraction of sp³-hybridized carbons (Fsp3) is 0.250. The molecule has 0 atom stereocenters. The average Bonchev–Trinajstić information content (AvgIpc) is 3.44. The van der Waals surface area contributed by atoms with Crippen LogP contribution in [0.2, 0.25) is 0 Å². The molecule has 4 heterocycles. The minimum atomic E-state index is 0.0110. The molecule has 5 aromatic rings. The van der Waals surface area contributed by atoms with Gasteiger partial charge >= 0.3 is 0 Å². The number of benzene rings is 2. The third-order valence-corrected chi connectivity index (χ3v) is 6.60. The maximum atomic E-state index is 6.40. The lowest BCUT2D eigenvalue weighted by Gasteiger charge is -2.37. The molecular weight excluding hydrogens is 436 g/mol. The van der Waals surface area contributed by atoms with Gasteiger partial charge in [-0.15, -0.1) is 11.3 Å². The van der Waals surface area contributed by atoms with Gasteiger partial charge in [0.25, 0.3) is 0 Å². The Bertz CT molecular complexity index is 1470.